The molecule has 0 bridgehead atoms. The van der Waals surface area contributed by atoms with Crippen LogP contribution < -0.4 is 9.47 Å². The van der Waals surface area contributed by atoms with Gasteiger partial charge in [0.15, 0.2) is 0 Å². The van der Waals surface area contributed by atoms with Crippen LogP contribution >= 0.6 is 0 Å². The van der Waals surface area contributed by atoms with Crippen molar-refractivity contribution in [2.75, 3.05) is 21.3 Å². The molecule has 0 saturated carbocycles. The summed E-state index contributed by atoms with van der Waals surface area (Å²) in [5.41, 5.74) is 5.39. The van der Waals surface area contributed by atoms with Gasteiger partial charge in [0.2, 0.25) is 0 Å². The van der Waals surface area contributed by atoms with Gasteiger partial charge < -0.3 is 14.2 Å². The number of hydrogen-bond acceptors (Lipinski definition) is 4. The Bertz CT molecular complexity index is 585. The Morgan fingerprint density at radius 1 is 0.955 bits per heavy atom. The molecule has 122 valence electrons. The highest BCUT2D eigenvalue weighted by Crippen LogP contribution is 2.38. The molecule has 1 rings (SSSR count). The van der Waals surface area contributed by atoms with Crippen LogP contribution in [0.1, 0.15) is 35.6 Å². The van der Waals surface area contributed by atoms with Gasteiger partial charge in [-0.25, -0.2) is 4.79 Å². The number of benzene rings is 1. The molecule has 0 fully saturated rings. The lowest BCUT2D eigenvalue weighted by Crippen LogP contribution is -2.04. The summed E-state index contributed by atoms with van der Waals surface area (Å²) in [6, 6.07) is 0. The van der Waals surface area contributed by atoms with E-state index >= 15 is 0 Å². The third-order valence-electron chi connectivity index (χ3n) is 4.05. The third kappa shape index (κ3) is 3.81. The van der Waals surface area contributed by atoms with Gasteiger partial charge in [0, 0.05) is 11.6 Å². The van der Waals surface area contributed by atoms with Gasteiger partial charge in [-0.1, -0.05) is 5.57 Å². The molecule has 1 aromatic carbocycles. The molecule has 4 nitrogen and oxygen atoms in total. The lowest BCUT2D eigenvalue weighted by molar-refractivity contribution is -0.134. The predicted octanol–water partition coefficient (Wildman–Crippen LogP) is 3.68. The number of methoxy groups -OCH3 is 3. The van der Waals surface area contributed by atoms with Crippen LogP contribution in [0.4, 0.5) is 0 Å². The fraction of sp³-hybridized carbons (Fsp3) is 0.500. The number of esters is 1. The summed E-state index contributed by atoms with van der Waals surface area (Å²) < 4.78 is 15.8. The zero-order valence-electron chi connectivity index (χ0n) is 14.6. The molecule has 0 N–H and O–H groups in total. The maximum atomic E-state index is 11.3. The SMILES string of the molecule is COC(=O)/C=C(/C)CCc1c(C)c(OC)c(C)c(C)c1OC. The number of carbonyl (C=O) groups excluding carboxylic acids is 1. The van der Waals surface area contributed by atoms with Gasteiger partial charge in [-0.3, -0.25) is 0 Å². The second kappa shape index (κ2) is 7.87. The van der Waals surface area contributed by atoms with Crippen LogP contribution in [0.25, 0.3) is 0 Å². The monoisotopic (exact) mass is 306 g/mol. The van der Waals surface area contributed by atoms with E-state index in [0.717, 1.165) is 52.2 Å². The molecule has 0 radical (unpaired) electrons. The average molecular weight is 306 g/mol. The number of ether oxygens (including phenoxy) is 3. The normalized spacial score (nSPS) is 11.3. The number of carbonyl (C=O) groups is 1. The number of rotatable bonds is 6. The van der Waals surface area contributed by atoms with Crippen molar-refractivity contribution in [3.8, 4) is 11.5 Å². The van der Waals surface area contributed by atoms with E-state index in [0.29, 0.717) is 0 Å². The smallest absolute Gasteiger partial charge is 0.330 e. The largest absolute Gasteiger partial charge is 0.496 e. The predicted molar refractivity (Wildman–Crippen MR) is 87.9 cm³/mol. The van der Waals surface area contributed by atoms with Gasteiger partial charge in [-0.2, -0.15) is 0 Å². The molecular weight excluding hydrogens is 280 g/mol. The first-order valence-corrected chi connectivity index (χ1v) is 7.33. The van der Waals surface area contributed by atoms with Gasteiger partial charge in [0.1, 0.15) is 11.5 Å². The average Bonchev–Trinajstić information content (AvgIpc) is 2.49. The zero-order chi connectivity index (χ0) is 16.9. The molecule has 1 aromatic rings. The third-order valence-corrected chi connectivity index (χ3v) is 4.05. The van der Waals surface area contributed by atoms with Crippen LogP contribution in [0.3, 0.4) is 0 Å². The molecule has 0 atom stereocenters. The van der Waals surface area contributed by atoms with E-state index in [9.17, 15) is 4.79 Å². The van der Waals surface area contributed by atoms with Crippen molar-refractivity contribution < 1.29 is 19.0 Å². The molecule has 0 aliphatic carbocycles. The van der Waals surface area contributed by atoms with Crippen molar-refractivity contribution in [3.05, 3.63) is 33.9 Å². The summed E-state index contributed by atoms with van der Waals surface area (Å²) >= 11 is 0. The van der Waals surface area contributed by atoms with Gasteiger partial charge in [0.25, 0.3) is 0 Å². The van der Waals surface area contributed by atoms with E-state index in [1.807, 2.05) is 27.7 Å². The molecule has 4 heteroatoms. The van der Waals surface area contributed by atoms with E-state index < -0.39 is 0 Å². The second-order valence-corrected chi connectivity index (χ2v) is 5.43. The van der Waals surface area contributed by atoms with E-state index in [-0.39, 0.29) is 5.97 Å². The number of allylic oxidation sites excluding steroid dienone is 1. The van der Waals surface area contributed by atoms with Gasteiger partial charge in [-0.15, -0.1) is 0 Å². The lowest BCUT2D eigenvalue weighted by Gasteiger charge is -2.20. The Labute approximate surface area is 133 Å². The summed E-state index contributed by atoms with van der Waals surface area (Å²) in [4.78, 5) is 11.3. The van der Waals surface area contributed by atoms with Crippen molar-refractivity contribution in [2.24, 2.45) is 0 Å². The quantitative estimate of drug-likeness (QED) is 0.594. The molecule has 0 aliphatic heterocycles. The van der Waals surface area contributed by atoms with Crippen LogP contribution in [0.15, 0.2) is 11.6 Å². The van der Waals surface area contributed by atoms with Crippen molar-refractivity contribution in [1.82, 2.24) is 0 Å². The molecule has 0 amide bonds. The highest BCUT2D eigenvalue weighted by Gasteiger charge is 2.18. The Kier molecular flexibility index (Phi) is 6.47. The summed E-state index contributed by atoms with van der Waals surface area (Å²) in [5.74, 6) is 1.49. The first-order valence-electron chi connectivity index (χ1n) is 7.33. The molecule has 0 spiro atoms. The molecule has 0 saturated heterocycles. The minimum Gasteiger partial charge on any atom is -0.496 e. The van der Waals surface area contributed by atoms with Crippen molar-refractivity contribution >= 4 is 5.97 Å². The van der Waals surface area contributed by atoms with E-state index in [2.05, 4.69) is 4.74 Å². The van der Waals surface area contributed by atoms with E-state index in [4.69, 9.17) is 9.47 Å². The van der Waals surface area contributed by atoms with Gasteiger partial charge in [0.05, 0.1) is 21.3 Å². The Balaban J connectivity index is 3.16. The maximum absolute atomic E-state index is 11.3. The van der Waals surface area contributed by atoms with Gasteiger partial charge >= 0.3 is 5.97 Å². The summed E-state index contributed by atoms with van der Waals surface area (Å²) in [6.07, 6.45) is 3.07. The fourth-order valence-corrected chi connectivity index (χ4v) is 2.69. The van der Waals surface area contributed by atoms with E-state index in [1.165, 1.54) is 13.2 Å². The first kappa shape index (κ1) is 18.1. The van der Waals surface area contributed by atoms with Crippen LogP contribution in [-0.4, -0.2) is 27.3 Å². The Morgan fingerprint density at radius 3 is 2.00 bits per heavy atom. The van der Waals surface area contributed by atoms with Crippen molar-refractivity contribution in [2.45, 2.75) is 40.5 Å². The molecule has 0 unspecified atom stereocenters. The Morgan fingerprint density at radius 2 is 1.50 bits per heavy atom. The van der Waals surface area contributed by atoms with Crippen LogP contribution in [0.5, 0.6) is 11.5 Å². The number of hydrogen-bond donors (Lipinski definition) is 0. The van der Waals surface area contributed by atoms with E-state index in [1.54, 1.807) is 14.2 Å². The standard InChI is InChI=1S/C18H26O4/c1-11(10-16(19)20-5)8-9-15-14(4)17(21-6)12(2)13(3)18(15)22-7/h10H,8-9H2,1-7H3/b11-10-. The highest BCUT2D eigenvalue weighted by atomic mass is 16.5. The van der Waals surface area contributed by atoms with Gasteiger partial charge in [-0.05, 0) is 57.2 Å². The minimum absolute atomic E-state index is 0.321. The summed E-state index contributed by atoms with van der Waals surface area (Å²) in [5, 5.41) is 0. The highest BCUT2D eigenvalue weighted by molar-refractivity contribution is 5.82. The lowest BCUT2D eigenvalue weighted by atomic mass is 9.93. The topological polar surface area (TPSA) is 44.8 Å². The molecule has 0 aliphatic rings. The molecule has 22 heavy (non-hydrogen) atoms. The van der Waals surface area contributed by atoms with Crippen LogP contribution in [0, 0.1) is 20.8 Å². The molecule has 0 heterocycles. The zero-order valence-corrected chi connectivity index (χ0v) is 14.6. The Hall–Kier alpha value is -1.97. The summed E-state index contributed by atoms with van der Waals surface area (Å²) in [7, 11) is 4.76. The molecule has 0 aromatic heterocycles. The second-order valence-electron chi connectivity index (χ2n) is 5.43. The van der Waals surface area contributed by atoms with Crippen LogP contribution in [0.2, 0.25) is 0 Å². The molecular formula is C18H26O4. The summed E-state index contributed by atoms with van der Waals surface area (Å²) in [6.45, 7) is 8.05. The first-order chi connectivity index (χ1) is 10.4. The van der Waals surface area contributed by atoms with Crippen molar-refractivity contribution in [3.63, 3.8) is 0 Å². The minimum atomic E-state index is -0.321. The van der Waals surface area contributed by atoms with Crippen molar-refractivity contribution in [1.29, 1.82) is 0 Å². The maximum Gasteiger partial charge on any atom is 0.330 e. The van der Waals surface area contributed by atoms with Crippen LogP contribution in [-0.2, 0) is 16.0 Å². The fourth-order valence-electron chi connectivity index (χ4n) is 2.69.